The van der Waals surface area contributed by atoms with E-state index in [1.807, 2.05) is 30.6 Å². The van der Waals surface area contributed by atoms with Gasteiger partial charge in [0.25, 0.3) is 0 Å². The normalized spacial score (nSPS) is 20.6. The van der Waals surface area contributed by atoms with Crippen LogP contribution >= 0.6 is 11.3 Å². The Bertz CT molecular complexity index is 1270. The predicted molar refractivity (Wildman–Crippen MR) is 123 cm³/mol. The van der Waals surface area contributed by atoms with Gasteiger partial charge in [-0.05, 0) is 38.1 Å². The lowest BCUT2D eigenvalue weighted by molar-refractivity contribution is 0.291. The lowest BCUT2D eigenvalue weighted by Crippen LogP contribution is -2.45. The number of hydrogen-bond donors (Lipinski definition) is 1. The zero-order chi connectivity index (χ0) is 20.9. The first-order chi connectivity index (χ1) is 15.1. The Kier molecular flexibility index (Phi) is 4.32. The number of likely N-dealkylation sites (tertiary alicyclic amines) is 1. The van der Waals surface area contributed by atoms with Gasteiger partial charge in [0.1, 0.15) is 22.3 Å². The number of aryl methyl sites for hydroxylation is 1. The van der Waals surface area contributed by atoms with Crippen molar-refractivity contribution in [2.75, 3.05) is 30.4 Å². The molecule has 4 aromatic heterocycles. The quantitative estimate of drug-likeness (QED) is 0.527. The van der Waals surface area contributed by atoms with Crippen LogP contribution in [0.3, 0.4) is 0 Å². The molecule has 6 heterocycles. The second kappa shape index (κ2) is 7.21. The van der Waals surface area contributed by atoms with E-state index >= 15 is 0 Å². The number of fused-ring (bicyclic) bond motifs is 3. The van der Waals surface area contributed by atoms with Gasteiger partial charge in [0.2, 0.25) is 5.95 Å². The van der Waals surface area contributed by atoms with E-state index in [1.165, 1.54) is 6.42 Å². The lowest BCUT2D eigenvalue weighted by atomic mass is 10.2. The van der Waals surface area contributed by atoms with Crippen LogP contribution in [0.15, 0.2) is 42.9 Å². The summed E-state index contributed by atoms with van der Waals surface area (Å²) >= 11 is 1.61. The summed E-state index contributed by atoms with van der Waals surface area (Å²) in [6.07, 6.45) is 6.66. The Hall–Kier alpha value is -3.17. The molecule has 2 aliphatic rings. The first-order valence-corrected chi connectivity index (χ1v) is 11.2. The molecule has 2 saturated heterocycles. The Labute approximate surface area is 184 Å². The second-order valence-electron chi connectivity index (χ2n) is 8.23. The number of anilines is 3. The molecule has 2 bridgehead atoms. The van der Waals surface area contributed by atoms with Crippen molar-refractivity contribution in [3.05, 3.63) is 48.4 Å². The highest BCUT2D eigenvalue weighted by Crippen LogP contribution is 2.33. The highest BCUT2D eigenvalue weighted by molar-refractivity contribution is 7.21. The number of rotatable bonds is 4. The highest BCUT2D eigenvalue weighted by Gasteiger charge is 2.42. The Morgan fingerprint density at radius 3 is 2.77 bits per heavy atom. The molecular formula is C22H22N8S. The van der Waals surface area contributed by atoms with E-state index in [0.29, 0.717) is 12.1 Å². The van der Waals surface area contributed by atoms with Crippen molar-refractivity contribution in [1.29, 1.82) is 0 Å². The minimum atomic E-state index is 0.503. The fourth-order valence-electron chi connectivity index (χ4n) is 4.51. The maximum absolute atomic E-state index is 4.79. The molecule has 156 valence electrons. The average Bonchev–Trinajstić information content (AvgIpc) is 3.47. The molecule has 0 saturated carbocycles. The monoisotopic (exact) mass is 430 g/mol. The van der Waals surface area contributed by atoms with E-state index < -0.39 is 0 Å². The Balaban J connectivity index is 1.25. The topological polar surface area (TPSA) is 83.0 Å². The van der Waals surface area contributed by atoms with Crippen molar-refractivity contribution in [2.45, 2.75) is 25.4 Å². The van der Waals surface area contributed by atoms with Crippen molar-refractivity contribution in [3.63, 3.8) is 0 Å². The number of hydrogen-bond acceptors (Lipinski definition) is 9. The molecule has 8 nitrogen and oxygen atoms in total. The number of pyridine rings is 2. The lowest BCUT2D eigenvalue weighted by Gasteiger charge is -2.31. The van der Waals surface area contributed by atoms with Gasteiger partial charge < -0.3 is 10.2 Å². The van der Waals surface area contributed by atoms with E-state index in [1.54, 1.807) is 17.5 Å². The summed E-state index contributed by atoms with van der Waals surface area (Å²) in [6.45, 7) is 4.12. The fraction of sp³-hybridized carbons (Fsp3) is 0.318. The van der Waals surface area contributed by atoms with Crippen LogP contribution < -0.4 is 10.2 Å². The van der Waals surface area contributed by atoms with Gasteiger partial charge in [0.05, 0.1) is 10.2 Å². The van der Waals surface area contributed by atoms with Crippen molar-refractivity contribution < 1.29 is 0 Å². The summed E-state index contributed by atoms with van der Waals surface area (Å²) < 4.78 is 1.03. The maximum atomic E-state index is 4.79. The third kappa shape index (κ3) is 3.30. The van der Waals surface area contributed by atoms with Crippen molar-refractivity contribution in [3.8, 4) is 10.7 Å². The van der Waals surface area contributed by atoms with E-state index in [-0.39, 0.29) is 0 Å². The van der Waals surface area contributed by atoms with Crippen LogP contribution in [0.1, 0.15) is 12.0 Å². The third-order valence-electron chi connectivity index (χ3n) is 6.16. The SMILES string of the molecule is Cc1cccnc1-c1nc2cc(Nc3ccnc(N4C[C@@H]5C[C@H]4CN5C)n3)ncc2s1. The van der Waals surface area contributed by atoms with Crippen LogP contribution in [0.2, 0.25) is 0 Å². The molecule has 31 heavy (non-hydrogen) atoms. The summed E-state index contributed by atoms with van der Waals surface area (Å²) in [5.41, 5.74) is 2.93. The summed E-state index contributed by atoms with van der Waals surface area (Å²) in [5, 5.41) is 4.23. The number of nitrogens with zero attached hydrogens (tertiary/aromatic N) is 7. The molecule has 0 amide bonds. The summed E-state index contributed by atoms with van der Waals surface area (Å²) in [4.78, 5) is 27.9. The number of likely N-dealkylation sites (N-methyl/N-ethyl adjacent to an activating group) is 1. The number of nitrogens with one attached hydrogen (secondary N) is 1. The van der Waals surface area contributed by atoms with Crippen molar-refractivity contribution >= 4 is 39.1 Å². The molecule has 9 heteroatoms. The predicted octanol–water partition coefficient (Wildman–Crippen LogP) is 3.49. The molecule has 0 spiro atoms. The van der Waals surface area contributed by atoms with Crippen LogP contribution in [0.5, 0.6) is 0 Å². The van der Waals surface area contributed by atoms with Gasteiger partial charge in [0, 0.05) is 49.8 Å². The minimum Gasteiger partial charge on any atom is -0.335 e. The van der Waals surface area contributed by atoms with Crippen LogP contribution in [-0.2, 0) is 0 Å². The minimum absolute atomic E-state index is 0.503. The molecule has 0 aliphatic carbocycles. The van der Waals surface area contributed by atoms with Crippen LogP contribution in [0.25, 0.3) is 20.9 Å². The maximum Gasteiger partial charge on any atom is 0.227 e. The average molecular weight is 431 g/mol. The van der Waals surface area contributed by atoms with Crippen molar-refractivity contribution in [2.24, 2.45) is 0 Å². The van der Waals surface area contributed by atoms with Gasteiger partial charge in [-0.2, -0.15) is 4.98 Å². The first kappa shape index (κ1) is 18.6. The fourth-order valence-corrected chi connectivity index (χ4v) is 5.49. The molecule has 6 rings (SSSR count). The smallest absolute Gasteiger partial charge is 0.227 e. The van der Waals surface area contributed by atoms with Gasteiger partial charge >= 0.3 is 0 Å². The number of thiazole rings is 1. The zero-order valence-electron chi connectivity index (χ0n) is 17.4. The van der Waals surface area contributed by atoms with Gasteiger partial charge in [-0.1, -0.05) is 6.07 Å². The largest absolute Gasteiger partial charge is 0.335 e. The van der Waals surface area contributed by atoms with Gasteiger partial charge in [-0.25, -0.2) is 15.0 Å². The number of piperazine rings is 1. The first-order valence-electron chi connectivity index (χ1n) is 10.4. The van der Waals surface area contributed by atoms with Crippen molar-refractivity contribution in [1.82, 2.24) is 29.8 Å². The van der Waals surface area contributed by atoms with Gasteiger partial charge in [-0.3, -0.25) is 9.88 Å². The molecule has 0 aromatic carbocycles. The molecule has 0 radical (unpaired) electrons. The highest BCUT2D eigenvalue weighted by atomic mass is 32.1. The van der Waals surface area contributed by atoms with Crippen LogP contribution in [0, 0.1) is 6.92 Å². The molecule has 1 N–H and O–H groups in total. The second-order valence-corrected chi connectivity index (χ2v) is 9.26. The molecule has 4 aromatic rings. The standard InChI is InChI=1S/C22H22N8S/c1-13-4-3-6-23-20(13)21-26-16-9-19(25-10-17(16)31-21)27-18-5-7-24-22(28-18)30-12-14-8-15(30)11-29(14)2/h3-7,9-10,14-15H,8,11-12H2,1-2H3,(H,24,25,27,28)/t14-,15-/m0/s1. The molecular weight excluding hydrogens is 408 g/mol. The van der Waals surface area contributed by atoms with E-state index in [2.05, 4.69) is 50.1 Å². The van der Waals surface area contributed by atoms with E-state index in [4.69, 9.17) is 9.97 Å². The van der Waals surface area contributed by atoms with Crippen LogP contribution in [0.4, 0.5) is 17.6 Å². The number of aromatic nitrogens is 5. The Morgan fingerprint density at radius 2 is 1.97 bits per heavy atom. The summed E-state index contributed by atoms with van der Waals surface area (Å²) in [5.74, 6) is 2.24. The zero-order valence-corrected chi connectivity index (χ0v) is 18.2. The molecule has 2 atom stereocenters. The van der Waals surface area contributed by atoms with E-state index in [0.717, 1.165) is 57.2 Å². The molecule has 2 fully saturated rings. The third-order valence-corrected chi connectivity index (χ3v) is 7.17. The van der Waals surface area contributed by atoms with Crippen LogP contribution in [-0.4, -0.2) is 62.0 Å². The molecule has 2 aliphatic heterocycles. The molecule has 0 unspecified atom stereocenters. The van der Waals surface area contributed by atoms with Gasteiger partial charge in [-0.15, -0.1) is 11.3 Å². The van der Waals surface area contributed by atoms with Gasteiger partial charge in [0.15, 0.2) is 0 Å². The summed E-state index contributed by atoms with van der Waals surface area (Å²) in [7, 11) is 2.20. The Morgan fingerprint density at radius 1 is 1.03 bits per heavy atom. The van der Waals surface area contributed by atoms with E-state index in [9.17, 15) is 0 Å². The summed E-state index contributed by atoms with van der Waals surface area (Å²) in [6, 6.07) is 8.94.